The molecule has 0 amide bonds. The minimum Gasteiger partial charge on any atom is -0.256 e. The van der Waals surface area contributed by atoms with E-state index in [0.717, 1.165) is 6.54 Å². The van der Waals surface area contributed by atoms with Gasteiger partial charge in [-0.25, -0.2) is 0 Å². The topological polar surface area (TPSA) is 12.0 Å². The zero-order chi connectivity index (χ0) is 6.41. The van der Waals surface area contributed by atoms with Crippen LogP contribution in [0, 0.1) is 0 Å². The van der Waals surface area contributed by atoms with Gasteiger partial charge in [-0.15, -0.1) is 5.73 Å². The van der Waals surface area contributed by atoms with Gasteiger partial charge in [0.2, 0.25) is 0 Å². The molecule has 0 atom stereocenters. The van der Waals surface area contributed by atoms with Crippen molar-refractivity contribution in [2.45, 2.75) is 13.8 Å². The van der Waals surface area contributed by atoms with Crippen LogP contribution in [0.2, 0.25) is 0 Å². The predicted octanol–water partition coefficient (Wildman–Crippen LogP) is 2.05. The van der Waals surface area contributed by atoms with E-state index in [0.29, 0.717) is 0 Å². The highest BCUT2D eigenvalue weighted by molar-refractivity contribution is 14.1. The van der Waals surface area contributed by atoms with Gasteiger partial charge < -0.3 is 0 Å². The van der Waals surface area contributed by atoms with E-state index < -0.39 is 0 Å². The third-order valence-electron chi connectivity index (χ3n) is 0.723. The van der Waals surface area contributed by atoms with Gasteiger partial charge in [-0.05, 0) is 25.5 Å². The summed E-state index contributed by atoms with van der Waals surface area (Å²) in [6, 6.07) is 0. The van der Waals surface area contributed by atoms with Crippen LogP contribution in [0.3, 0.4) is 0 Å². The number of hydrogen-bond acceptors (Lipinski definition) is 1. The Morgan fingerprint density at radius 1 is 1.88 bits per heavy atom. The standard InChI is InChI=1S/C6H10IN/c1-3-4-6(2)5-8-7/h3,8H,5H2,1-2H3. The largest absolute Gasteiger partial charge is 0.256 e. The van der Waals surface area contributed by atoms with Crippen molar-refractivity contribution in [2.75, 3.05) is 6.54 Å². The Morgan fingerprint density at radius 3 is 2.88 bits per heavy atom. The third kappa shape index (κ3) is 4.37. The van der Waals surface area contributed by atoms with Crippen molar-refractivity contribution < 1.29 is 0 Å². The van der Waals surface area contributed by atoms with Crippen LogP contribution in [0.25, 0.3) is 0 Å². The Kier molecular flexibility index (Phi) is 5.49. The molecule has 0 bridgehead atoms. The van der Waals surface area contributed by atoms with E-state index in [9.17, 15) is 0 Å². The van der Waals surface area contributed by atoms with Crippen molar-refractivity contribution in [1.82, 2.24) is 3.53 Å². The fourth-order valence-electron chi connectivity index (χ4n) is 0.398. The lowest BCUT2D eigenvalue weighted by molar-refractivity contribution is 1.09. The van der Waals surface area contributed by atoms with Crippen LogP contribution in [0.15, 0.2) is 17.4 Å². The molecule has 1 nitrogen and oxygen atoms in total. The zero-order valence-corrected chi connectivity index (χ0v) is 7.32. The number of rotatable bonds is 2. The van der Waals surface area contributed by atoms with Crippen molar-refractivity contribution in [3.05, 3.63) is 17.4 Å². The molecule has 1 N–H and O–H groups in total. The summed E-state index contributed by atoms with van der Waals surface area (Å²) < 4.78 is 3.00. The zero-order valence-electron chi connectivity index (χ0n) is 5.16. The summed E-state index contributed by atoms with van der Waals surface area (Å²) in [5, 5.41) is 0. The second kappa shape index (κ2) is 5.35. The molecular formula is C6H10IN. The number of nitrogens with one attached hydrogen (secondary N) is 1. The third-order valence-corrected chi connectivity index (χ3v) is 1.10. The Balaban J connectivity index is 3.62. The SMILES string of the molecule is CC=C=C(C)CNI. The lowest BCUT2D eigenvalue weighted by Crippen LogP contribution is -1.99. The molecule has 0 aliphatic rings. The Bertz CT molecular complexity index is 112. The maximum Gasteiger partial charge on any atom is 0.0333 e. The first-order valence-electron chi connectivity index (χ1n) is 2.51. The average Bonchev–Trinajstić information content (AvgIpc) is 1.68. The molecule has 0 aromatic rings. The predicted molar refractivity (Wildman–Crippen MR) is 45.0 cm³/mol. The summed E-state index contributed by atoms with van der Waals surface area (Å²) in [6.07, 6.45) is 1.92. The molecule has 8 heavy (non-hydrogen) atoms. The second-order valence-electron chi connectivity index (χ2n) is 1.52. The molecule has 0 saturated heterocycles. The first-order chi connectivity index (χ1) is 3.81. The first-order valence-corrected chi connectivity index (χ1v) is 3.59. The Morgan fingerprint density at radius 2 is 2.50 bits per heavy atom. The lowest BCUT2D eigenvalue weighted by atomic mass is 10.3. The van der Waals surface area contributed by atoms with E-state index in [-0.39, 0.29) is 0 Å². The molecule has 0 aliphatic carbocycles. The first kappa shape index (κ1) is 8.21. The molecular weight excluding hydrogens is 213 g/mol. The molecule has 0 aliphatic heterocycles. The fourth-order valence-corrected chi connectivity index (χ4v) is 0.970. The Hall–Kier alpha value is 0.210. The van der Waals surface area contributed by atoms with Crippen LogP contribution < -0.4 is 3.53 Å². The minimum atomic E-state index is 0.922. The van der Waals surface area contributed by atoms with Crippen molar-refractivity contribution >= 4 is 22.9 Å². The Labute approximate surface area is 64.4 Å². The summed E-state index contributed by atoms with van der Waals surface area (Å²) in [5.41, 5.74) is 4.31. The molecule has 0 saturated carbocycles. The number of halogens is 1. The molecule has 0 radical (unpaired) electrons. The van der Waals surface area contributed by atoms with Gasteiger partial charge in [-0.1, -0.05) is 0 Å². The van der Waals surface area contributed by atoms with Gasteiger partial charge in [0.05, 0.1) is 0 Å². The van der Waals surface area contributed by atoms with Gasteiger partial charge in [-0.3, -0.25) is 3.53 Å². The van der Waals surface area contributed by atoms with Gasteiger partial charge in [0, 0.05) is 29.4 Å². The monoisotopic (exact) mass is 223 g/mol. The normalized spacial score (nSPS) is 7.88. The lowest BCUT2D eigenvalue weighted by Gasteiger charge is -1.89. The van der Waals surface area contributed by atoms with Gasteiger partial charge in [0.25, 0.3) is 0 Å². The summed E-state index contributed by atoms with van der Waals surface area (Å²) in [5.74, 6) is 0. The molecule has 2 heteroatoms. The molecule has 0 aromatic carbocycles. The van der Waals surface area contributed by atoms with E-state index >= 15 is 0 Å². The van der Waals surface area contributed by atoms with Crippen molar-refractivity contribution in [1.29, 1.82) is 0 Å². The highest BCUT2D eigenvalue weighted by Crippen LogP contribution is 1.86. The van der Waals surface area contributed by atoms with Gasteiger partial charge >= 0.3 is 0 Å². The van der Waals surface area contributed by atoms with E-state index in [1.807, 2.05) is 19.9 Å². The molecule has 0 heterocycles. The highest BCUT2D eigenvalue weighted by Gasteiger charge is 1.79. The van der Waals surface area contributed by atoms with E-state index in [1.165, 1.54) is 5.57 Å². The van der Waals surface area contributed by atoms with Crippen LogP contribution in [-0.4, -0.2) is 6.54 Å². The van der Waals surface area contributed by atoms with Crippen molar-refractivity contribution in [3.8, 4) is 0 Å². The fraction of sp³-hybridized carbons (Fsp3) is 0.500. The molecule has 46 valence electrons. The minimum absolute atomic E-state index is 0.922. The van der Waals surface area contributed by atoms with Crippen LogP contribution >= 0.6 is 22.9 Å². The van der Waals surface area contributed by atoms with Gasteiger partial charge in [0.1, 0.15) is 0 Å². The second-order valence-corrected chi connectivity index (χ2v) is 2.29. The van der Waals surface area contributed by atoms with Crippen LogP contribution in [0.1, 0.15) is 13.8 Å². The van der Waals surface area contributed by atoms with E-state index in [2.05, 4.69) is 32.1 Å². The van der Waals surface area contributed by atoms with Crippen LogP contribution in [-0.2, 0) is 0 Å². The van der Waals surface area contributed by atoms with Crippen molar-refractivity contribution in [3.63, 3.8) is 0 Å². The molecule has 0 rings (SSSR count). The average molecular weight is 223 g/mol. The smallest absolute Gasteiger partial charge is 0.0333 e. The summed E-state index contributed by atoms with van der Waals surface area (Å²) in [6.45, 7) is 4.94. The molecule has 0 fully saturated rings. The van der Waals surface area contributed by atoms with Gasteiger partial charge in [-0.2, -0.15) is 0 Å². The number of hydrogen-bond donors (Lipinski definition) is 1. The van der Waals surface area contributed by atoms with Gasteiger partial charge in [0.15, 0.2) is 0 Å². The summed E-state index contributed by atoms with van der Waals surface area (Å²) in [4.78, 5) is 0. The molecule has 0 aromatic heterocycles. The van der Waals surface area contributed by atoms with Crippen LogP contribution in [0.5, 0.6) is 0 Å². The van der Waals surface area contributed by atoms with Crippen molar-refractivity contribution in [2.24, 2.45) is 0 Å². The van der Waals surface area contributed by atoms with E-state index in [4.69, 9.17) is 0 Å². The van der Waals surface area contributed by atoms with E-state index in [1.54, 1.807) is 0 Å². The maximum atomic E-state index is 3.07. The highest BCUT2D eigenvalue weighted by atomic mass is 127. The van der Waals surface area contributed by atoms with Crippen LogP contribution in [0.4, 0.5) is 0 Å². The maximum absolute atomic E-state index is 3.07. The summed E-state index contributed by atoms with van der Waals surface area (Å²) >= 11 is 2.12. The summed E-state index contributed by atoms with van der Waals surface area (Å²) in [7, 11) is 0. The molecule has 0 unspecified atom stereocenters. The molecule has 0 spiro atoms. The quantitative estimate of drug-likeness (QED) is 0.429.